The summed E-state index contributed by atoms with van der Waals surface area (Å²) < 4.78 is 12.8. The molecule has 0 spiro atoms. The molecule has 1 heterocycles. The Kier molecular flexibility index (Phi) is 5.43. The van der Waals surface area contributed by atoms with E-state index in [2.05, 4.69) is 10.4 Å². The molecule has 0 aliphatic carbocycles. The van der Waals surface area contributed by atoms with E-state index in [9.17, 15) is 4.79 Å². The van der Waals surface area contributed by atoms with Gasteiger partial charge in [0.1, 0.15) is 6.61 Å². The number of rotatable bonds is 6. The first kappa shape index (κ1) is 17.8. The van der Waals surface area contributed by atoms with E-state index in [1.807, 2.05) is 24.3 Å². The van der Waals surface area contributed by atoms with Crippen molar-refractivity contribution in [2.45, 2.75) is 6.61 Å². The van der Waals surface area contributed by atoms with Gasteiger partial charge in [-0.1, -0.05) is 23.7 Å². The second-order valence-electron chi connectivity index (χ2n) is 5.61. The number of anilines is 1. The summed E-state index contributed by atoms with van der Waals surface area (Å²) in [6, 6.07) is 14.1. The molecular weight excluding hydrogens is 354 g/mol. The van der Waals surface area contributed by atoms with E-state index in [1.54, 1.807) is 42.2 Å². The lowest BCUT2D eigenvalue weighted by atomic mass is 10.2. The molecule has 0 saturated carbocycles. The van der Waals surface area contributed by atoms with Crippen molar-refractivity contribution in [1.82, 2.24) is 9.78 Å². The minimum Gasteiger partial charge on any atom is -0.493 e. The normalized spacial score (nSPS) is 10.4. The first-order valence-corrected chi connectivity index (χ1v) is 8.29. The minimum absolute atomic E-state index is 0.272. The quantitative estimate of drug-likeness (QED) is 0.713. The van der Waals surface area contributed by atoms with Gasteiger partial charge in [0, 0.05) is 29.9 Å². The van der Waals surface area contributed by atoms with Crippen molar-refractivity contribution in [3.8, 4) is 11.5 Å². The fourth-order valence-corrected chi connectivity index (χ4v) is 2.47. The van der Waals surface area contributed by atoms with Crippen LogP contribution in [0.5, 0.6) is 11.5 Å². The number of hydrogen-bond acceptors (Lipinski definition) is 4. The Morgan fingerprint density at radius 3 is 2.58 bits per heavy atom. The maximum Gasteiger partial charge on any atom is 0.257 e. The topological polar surface area (TPSA) is 65.4 Å². The number of aryl methyl sites for hydroxylation is 1. The molecule has 1 amide bonds. The highest BCUT2D eigenvalue weighted by Crippen LogP contribution is 2.29. The summed E-state index contributed by atoms with van der Waals surface area (Å²) >= 11 is 5.88. The van der Waals surface area contributed by atoms with Crippen molar-refractivity contribution in [1.29, 1.82) is 0 Å². The molecule has 3 aromatic rings. The molecule has 0 aliphatic heterocycles. The van der Waals surface area contributed by atoms with Gasteiger partial charge in [-0.25, -0.2) is 0 Å². The standard InChI is InChI=1S/C19H18ClN3O3/c1-23-10-9-18(22-23)21-19(24)14-5-8-16(17(11-14)25-2)26-12-13-3-6-15(20)7-4-13/h3-11H,12H2,1-2H3,(H,21,22,24). The Bertz CT molecular complexity index is 907. The number of aromatic nitrogens is 2. The van der Waals surface area contributed by atoms with E-state index in [0.717, 1.165) is 5.56 Å². The maximum absolute atomic E-state index is 12.3. The number of carbonyl (C=O) groups excluding carboxylic acids is 1. The van der Waals surface area contributed by atoms with Crippen LogP contribution in [0.2, 0.25) is 5.02 Å². The fraction of sp³-hybridized carbons (Fsp3) is 0.158. The number of carbonyl (C=O) groups is 1. The predicted molar refractivity (Wildman–Crippen MR) is 99.9 cm³/mol. The van der Waals surface area contributed by atoms with Crippen LogP contribution >= 0.6 is 11.6 Å². The van der Waals surface area contributed by atoms with Gasteiger partial charge >= 0.3 is 0 Å². The second kappa shape index (κ2) is 7.93. The molecule has 26 heavy (non-hydrogen) atoms. The summed E-state index contributed by atoms with van der Waals surface area (Å²) in [7, 11) is 3.32. The van der Waals surface area contributed by atoms with Crippen LogP contribution in [0.15, 0.2) is 54.7 Å². The molecular formula is C19H18ClN3O3. The highest BCUT2D eigenvalue weighted by atomic mass is 35.5. The highest BCUT2D eigenvalue weighted by Gasteiger charge is 2.12. The zero-order valence-corrected chi connectivity index (χ0v) is 15.2. The minimum atomic E-state index is -0.272. The largest absolute Gasteiger partial charge is 0.493 e. The van der Waals surface area contributed by atoms with Gasteiger partial charge in [0.15, 0.2) is 17.3 Å². The summed E-state index contributed by atoms with van der Waals surface area (Å²) in [5.41, 5.74) is 1.43. The fourth-order valence-electron chi connectivity index (χ4n) is 2.34. The van der Waals surface area contributed by atoms with E-state index >= 15 is 0 Å². The SMILES string of the molecule is COc1cc(C(=O)Nc2ccn(C)n2)ccc1OCc1ccc(Cl)cc1. The average Bonchev–Trinajstić information content (AvgIpc) is 3.05. The van der Waals surface area contributed by atoms with Crippen molar-refractivity contribution >= 4 is 23.3 Å². The summed E-state index contributed by atoms with van der Waals surface area (Å²) in [5.74, 6) is 1.25. The molecule has 0 aliphatic rings. The molecule has 2 aromatic carbocycles. The number of nitrogens with one attached hydrogen (secondary N) is 1. The van der Waals surface area contributed by atoms with Crippen molar-refractivity contribution < 1.29 is 14.3 Å². The Morgan fingerprint density at radius 1 is 1.15 bits per heavy atom. The van der Waals surface area contributed by atoms with Crippen LogP contribution in [0.25, 0.3) is 0 Å². The molecule has 0 atom stereocenters. The van der Waals surface area contributed by atoms with Gasteiger partial charge in [-0.15, -0.1) is 0 Å². The van der Waals surface area contributed by atoms with E-state index in [-0.39, 0.29) is 5.91 Å². The van der Waals surface area contributed by atoms with Crippen LogP contribution < -0.4 is 14.8 Å². The smallest absolute Gasteiger partial charge is 0.257 e. The Hall–Kier alpha value is -2.99. The van der Waals surface area contributed by atoms with Crippen LogP contribution in [0, 0.1) is 0 Å². The third kappa shape index (κ3) is 4.34. The molecule has 0 radical (unpaired) electrons. The Labute approximate surface area is 156 Å². The van der Waals surface area contributed by atoms with Gasteiger partial charge in [-0.2, -0.15) is 5.10 Å². The van der Waals surface area contributed by atoms with Gasteiger partial charge in [0.2, 0.25) is 0 Å². The molecule has 0 bridgehead atoms. The molecule has 6 nitrogen and oxygen atoms in total. The molecule has 1 aromatic heterocycles. The Balaban J connectivity index is 1.70. The number of hydrogen-bond donors (Lipinski definition) is 1. The summed E-state index contributed by atoms with van der Waals surface area (Å²) in [5, 5.41) is 7.53. The molecule has 3 rings (SSSR count). The molecule has 134 valence electrons. The molecule has 1 N–H and O–H groups in total. The molecule has 0 saturated heterocycles. The number of methoxy groups -OCH3 is 1. The van der Waals surface area contributed by atoms with Crippen LogP contribution in [0.1, 0.15) is 15.9 Å². The lowest BCUT2D eigenvalue weighted by Crippen LogP contribution is -2.13. The predicted octanol–water partition coefficient (Wildman–Crippen LogP) is 3.91. The molecule has 7 heteroatoms. The third-order valence-corrected chi connectivity index (χ3v) is 3.94. The van der Waals surface area contributed by atoms with Gasteiger partial charge < -0.3 is 14.8 Å². The van der Waals surface area contributed by atoms with Crippen molar-refractivity contribution in [3.05, 3.63) is 70.9 Å². The van der Waals surface area contributed by atoms with Gasteiger partial charge in [0.05, 0.1) is 7.11 Å². The number of ether oxygens (including phenoxy) is 2. The van der Waals surface area contributed by atoms with Crippen LogP contribution in [0.4, 0.5) is 5.82 Å². The molecule has 0 fully saturated rings. The second-order valence-corrected chi connectivity index (χ2v) is 6.05. The van der Waals surface area contributed by atoms with Crippen LogP contribution in [-0.4, -0.2) is 22.8 Å². The van der Waals surface area contributed by atoms with Gasteiger partial charge in [-0.3, -0.25) is 9.48 Å². The number of nitrogens with zero attached hydrogens (tertiary/aromatic N) is 2. The molecule has 0 unspecified atom stereocenters. The number of halogens is 1. The van der Waals surface area contributed by atoms with E-state index in [1.165, 1.54) is 7.11 Å². The van der Waals surface area contributed by atoms with Crippen molar-refractivity contribution in [2.75, 3.05) is 12.4 Å². The van der Waals surface area contributed by atoms with Crippen LogP contribution in [-0.2, 0) is 13.7 Å². The zero-order chi connectivity index (χ0) is 18.5. The van der Waals surface area contributed by atoms with Crippen molar-refractivity contribution in [2.24, 2.45) is 7.05 Å². The van der Waals surface area contributed by atoms with Gasteiger partial charge in [-0.05, 0) is 35.9 Å². The first-order valence-electron chi connectivity index (χ1n) is 7.91. The lowest BCUT2D eigenvalue weighted by molar-refractivity contribution is 0.102. The van der Waals surface area contributed by atoms with Crippen LogP contribution in [0.3, 0.4) is 0 Å². The number of benzene rings is 2. The number of amides is 1. The summed E-state index contributed by atoms with van der Waals surface area (Å²) in [6.07, 6.45) is 1.75. The third-order valence-electron chi connectivity index (χ3n) is 3.69. The van der Waals surface area contributed by atoms with Crippen molar-refractivity contribution in [3.63, 3.8) is 0 Å². The van der Waals surface area contributed by atoms with E-state index in [4.69, 9.17) is 21.1 Å². The van der Waals surface area contributed by atoms with E-state index < -0.39 is 0 Å². The zero-order valence-electron chi connectivity index (χ0n) is 14.4. The van der Waals surface area contributed by atoms with E-state index in [0.29, 0.717) is 34.5 Å². The first-order chi connectivity index (χ1) is 12.5. The summed E-state index contributed by atoms with van der Waals surface area (Å²) in [6.45, 7) is 0.368. The summed E-state index contributed by atoms with van der Waals surface area (Å²) in [4.78, 5) is 12.3. The average molecular weight is 372 g/mol. The maximum atomic E-state index is 12.3. The highest BCUT2D eigenvalue weighted by molar-refractivity contribution is 6.30. The van der Waals surface area contributed by atoms with Gasteiger partial charge in [0.25, 0.3) is 5.91 Å². The monoisotopic (exact) mass is 371 g/mol. The lowest BCUT2D eigenvalue weighted by Gasteiger charge is -2.12. The Morgan fingerprint density at radius 2 is 1.92 bits per heavy atom.